The fourth-order valence-corrected chi connectivity index (χ4v) is 2.05. The van der Waals surface area contributed by atoms with Crippen molar-refractivity contribution in [2.75, 3.05) is 13.2 Å². The summed E-state index contributed by atoms with van der Waals surface area (Å²) in [4.78, 5) is 11.6. The van der Waals surface area contributed by atoms with E-state index in [9.17, 15) is 4.79 Å². The second-order valence-corrected chi connectivity index (χ2v) is 4.47. The molecular weight excluding hydrogens is 250 g/mol. The summed E-state index contributed by atoms with van der Waals surface area (Å²) in [5, 5.41) is 2.74. The molecule has 2 aromatic carbocycles. The average Bonchev–Trinajstić information content (AvgIpc) is 2.50. The molecule has 1 N–H and O–H groups in total. The first-order valence-electron chi connectivity index (χ1n) is 6.79. The third-order valence-corrected chi connectivity index (χ3v) is 2.96. The summed E-state index contributed by atoms with van der Waals surface area (Å²) in [6.45, 7) is 2.57. The summed E-state index contributed by atoms with van der Waals surface area (Å²) in [5.74, 6) is -0.0932. The van der Waals surface area contributed by atoms with E-state index in [0.29, 0.717) is 6.54 Å². The standard InChI is InChI=1S/C17H19NO2/c1-2-18-16(19)13-20-17(14-9-5-3-6-10-14)15-11-7-4-8-12-15/h3-12,17H,2,13H2,1H3,(H,18,19). The van der Waals surface area contributed by atoms with Gasteiger partial charge in [0.15, 0.2) is 0 Å². The maximum atomic E-state index is 11.6. The monoisotopic (exact) mass is 269 g/mol. The summed E-state index contributed by atoms with van der Waals surface area (Å²) in [6.07, 6.45) is -0.222. The second-order valence-electron chi connectivity index (χ2n) is 4.47. The largest absolute Gasteiger partial charge is 0.359 e. The number of ether oxygens (including phenoxy) is 1. The van der Waals surface area contributed by atoms with Gasteiger partial charge in [0, 0.05) is 6.54 Å². The molecule has 20 heavy (non-hydrogen) atoms. The topological polar surface area (TPSA) is 38.3 Å². The lowest BCUT2D eigenvalue weighted by Gasteiger charge is -2.18. The third kappa shape index (κ3) is 3.93. The molecular formula is C17H19NO2. The van der Waals surface area contributed by atoms with Crippen LogP contribution in [0.3, 0.4) is 0 Å². The Hall–Kier alpha value is -2.13. The first-order valence-corrected chi connectivity index (χ1v) is 6.79. The molecule has 104 valence electrons. The van der Waals surface area contributed by atoms with Crippen LogP contribution in [-0.4, -0.2) is 19.1 Å². The van der Waals surface area contributed by atoms with Crippen molar-refractivity contribution in [1.82, 2.24) is 5.32 Å². The fraction of sp³-hybridized carbons (Fsp3) is 0.235. The Balaban J connectivity index is 2.15. The van der Waals surface area contributed by atoms with Gasteiger partial charge in [-0.3, -0.25) is 4.79 Å². The third-order valence-electron chi connectivity index (χ3n) is 2.96. The van der Waals surface area contributed by atoms with E-state index in [1.54, 1.807) is 0 Å². The number of carbonyl (C=O) groups excluding carboxylic acids is 1. The number of likely N-dealkylation sites (N-methyl/N-ethyl adjacent to an activating group) is 1. The van der Waals surface area contributed by atoms with E-state index in [4.69, 9.17) is 4.74 Å². The molecule has 3 heteroatoms. The molecule has 0 radical (unpaired) electrons. The van der Waals surface area contributed by atoms with E-state index in [-0.39, 0.29) is 18.6 Å². The molecule has 0 unspecified atom stereocenters. The number of hydrogen-bond acceptors (Lipinski definition) is 2. The number of benzene rings is 2. The number of carbonyl (C=O) groups is 1. The van der Waals surface area contributed by atoms with Crippen LogP contribution in [0.1, 0.15) is 24.2 Å². The molecule has 0 aromatic heterocycles. The van der Waals surface area contributed by atoms with Crippen LogP contribution >= 0.6 is 0 Å². The molecule has 0 bridgehead atoms. The van der Waals surface area contributed by atoms with Crippen molar-refractivity contribution in [3.05, 3.63) is 71.8 Å². The van der Waals surface area contributed by atoms with Gasteiger partial charge in [0.1, 0.15) is 12.7 Å². The van der Waals surface area contributed by atoms with Gasteiger partial charge < -0.3 is 10.1 Å². The lowest BCUT2D eigenvalue weighted by molar-refractivity contribution is -0.126. The maximum Gasteiger partial charge on any atom is 0.246 e. The first kappa shape index (κ1) is 14.3. The zero-order chi connectivity index (χ0) is 14.2. The molecule has 0 saturated carbocycles. The predicted octanol–water partition coefficient (Wildman–Crippen LogP) is 2.93. The maximum absolute atomic E-state index is 11.6. The van der Waals surface area contributed by atoms with Crippen LogP contribution in [-0.2, 0) is 9.53 Å². The van der Waals surface area contributed by atoms with Crippen molar-refractivity contribution < 1.29 is 9.53 Å². The van der Waals surface area contributed by atoms with Gasteiger partial charge in [-0.1, -0.05) is 60.7 Å². The highest BCUT2D eigenvalue weighted by atomic mass is 16.5. The smallest absolute Gasteiger partial charge is 0.246 e. The van der Waals surface area contributed by atoms with E-state index >= 15 is 0 Å². The molecule has 3 nitrogen and oxygen atoms in total. The lowest BCUT2D eigenvalue weighted by atomic mass is 10.0. The number of amides is 1. The van der Waals surface area contributed by atoms with Gasteiger partial charge in [-0.2, -0.15) is 0 Å². The van der Waals surface area contributed by atoms with Crippen LogP contribution in [0.15, 0.2) is 60.7 Å². The summed E-state index contributed by atoms with van der Waals surface area (Å²) in [6, 6.07) is 19.9. The van der Waals surface area contributed by atoms with E-state index in [1.165, 1.54) is 0 Å². The van der Waals surface area contributed by atoms with Crippen molar-refractivity contribution in [3.63, 3.8) is 0 Å². The van der Waals surface area contributed by atoms with Crippen molar-refractivity contribution in [1.29, 1.82) is 0 Å². The molecule has 0 aliphatic heterocycles. The van der Waals surface area contributed by atoms with Crippen molar-refractivity contribution in [2.45, 2.75) is 13.0 Å². The SMILES string of the molecule is CCNC(=O)COC(c1ccccc1)c1ccccc1. The Morgan fingerprint density at radius 1 is 1.00 bits per heavy atom. The molecule has 0 heterocycles. The van der Waals surface area contributed by atoms with Crippen molar-refractivity contribution in [2.24, 2.45) is 0 Å². The van der Waals surface area contributed by atoms with Crippen LogP contribution in [0.4, 0.5) is 0 Å². The van der Waals surface area contributed by atoms with Gasteiger partial charge in [-0.15, -0.1) is 0 Å². The molecule has 0 aliphatic carbocycles. The lowest BCUT2D eigenvalue weighted by Crippen LogP contribution is -2.28. The average molecular weight is 269 g/mol. The Kier molecular flexibility index (Phi) is 5.33. The first-order chi connectivity index (χ1) is 9.81. The highest BCUT2D eigenvalue weighted by Gasteiger charge is 2.15. The summed E-state index contributed by atoms with van der Waals surface area (Å²) >= 11 is 0. The normalized spacial score (nSPS) is 10.5. The predicted molar refractivity (Wildman–Crippen MR) is 79.4 cm³/mol. The molecule has 1 amide bonds. The number of hydrogen-bond donors (Lipinski definition) is 1. The van der Waals surface area contributed by atoms with E-state index in [0.717, 1.165) is 11.1 Å². The van der Waals surface area contributed by atoms with E-state index < -0.39 is 0 Å². The minimum Gasteiger partial charge on any atom is -0.359 e. The number of nitrogens with one attached hydrogen (secondary N) is 1. The van der Waals surface area contributed by atoms with Gasteiger partial charge >= 0.3 is 0 Å². The van der Waals surface area contributed by atoms with Crippen molar-refractivity contribution in [3.8, 4) is 0 Å². The van der Waals surface area contributed by atoms with Crippen LogP contribution in [0, 0.1) is 0 Å². The summed E-state index contributed by atoms with van der Waals surface area (Å²) in [7, 11) is 0. The van der Waals surface area contributed by atoms with Crippen LogP contribution in [0.5, 0.6) is 0 Å². The highest BCUT2D eigenvalue weighted by Crippen LogP contribution is 2.25. The van der Waals surface area contributed by atoms with E-state index in [2.05, 4.69) is 5.32 Å². The van der Waals surface area contributed by atoms with Crippen LogP contribution in [0.2, 0.25) is 0 Å². The van der Waals surface area contributed by atoms with Gasteiger partial charge in [0.25, 0.3) is 0 Å². The molecule has 0 fully saturated rings. The fourth-order valence-electron chi connectivity index (χ4n) is 2.05. The molecule has 2 aromatic rings. The quantitative estimate of drug-likeness (QED) is 0.875. The highest BCUT2D eigenvalue weighted by molar-refractivity contribution is 5.77. The zero-order valence-corrected chi connectivity index (χ0v) is 11.6. The van der Waals surface area contributed by atoms with Gasteiger partial charge in [0.2, 0.25) is 5.91 Å². The summed E-state index contributed by atoms with van der Waals surface area (Å²) < 4.78 is 5.82. The molecule has 2 rings (SSSR count). The van der Waals surface area contributed by atoms with E-state index in [1.807, 2.05) is 67.6 Å². The zero-order valence-electron chi connectivity index (χ0n) is 11.6. The molecule has 0 saturated heterocycles. The Morgan fingerprint density at radius 2 is 1.50 bits per heavy atom. The Bertz CT molecular complexity index is 486. The minimum absolute atomic E-state index is 0.0578. The Labute approximate surface area is 119 Å². The molecule has 0 atom stereocenters. The van der Waals surface area contributed by atoms with Gasteiger partial charge in [-0.25, -0.2) is 0 Å². The minimum atomic E-state index is -0.222. The number of rotatable bonds is 6. The molecule has 0 aliphatic rings. The second kappa shape index (κ2) is 7.46. The van der Waals surface area contributed by atoms with Gasteiger partial charge in [-0.05, 0) is 18.1 Å². The van der Waals surface area contributed by atoms with Gasteiger partial charge in [0.05, 0.1) is 0 Å². The molecule has 0 spiro atoms. The van der Waals surface area contributed by atoms with Crippen LogP contribution in [0.25, 0.3) is 0 Å². The van der Waals surface area contributed by atoms with Crippen LogP contribution < -0.4 is 5.32 Å². The Morgan fingerprint density at radius 3 is 1.95 bits per heavy atom. The summed E-state index contributed by atoms with van der Waals surface area (Å²) in [5.41, 5.74) is 2.09. The van der Waals surface area contributed by atoms with Crippen molar-refractivity contribution >= 4 is 5.91 Å².